The number of amides is 1. The van der Waals surface area contributed by atoms with Crippen molar-refractivity contribution in [2.24, 2.45) is 0 Å². The number of halogens is 1. The maximum absolute atomic E-state index is 13.4. The van der Waals surface area contributed by atoms with E-state index in [-0.39, 0.29) is 35.7 Å². The van der Waals surface area contributed by atoms with E-state index in [1.165, 1.54) is 12.1 Å². The first-order valence-corrected chi connectivity index (χ1v) is 8.53. The Morgan fingerprint density at radius 2 is 1.79 bits per heavy atom. The van der Waals surface area contributed by atoms with Crippen molar-refractivity contribution in [1.29, 1.82) is 0 Å². The summed E-state index contributed by atoms with van der Waals surface area (Å²) in [6, 6.07) is 13.6. The molecular formula is C18H18FNO3S. The number of nitrogens with one attached hydrogen (secondary N) is 1. The quantitative estimate of drug-likeness (QED) is 0.778. The molecule has 2 aromatic rings. The Balaban J connectivity index is 1.66. The predicted octanol–water partition coefficient (Wildman–Crippen LogP) is 3.55. The molecule has 0 bridgehead atoms. The number of para-hydroxylation sites is 1. The van der Waals surface area contributed by atoms with Gasteiger partial charge in [0.05, 0.1) is 17.2 Å². The molecule has 0 unspecified atom stereocenters. The van der Waals surface area contributed by atoms with Crippen molar-refractivity contribution in [3.8, 4) is 0 Å². The third-order valence-electron chi connectivity index (χ3n) is 3.12. The summed E-state index contributed by atoms with van der Waals surface area (Å²) in [7, 11) is 0. The topological polar surface area (TPSA) is 55.4 Å². The molecule has 1 amide bonds. The third kappa shape index (κ3) is 6.04. The van der Waals surface area contributed by atoms with Gasteiger partial charge in [0, 0.05) is 0 Å². The van der Waals surface area contributed by atoms with Gasteiger partial charge in [-0.15, -0.1) is 11.8 Å². The number of esters is 1. The molecule has 6 heteroatoms. The van der Waals surface area contributed by atoms with Gasteiger partial charge in [0.15, 0.2) is 0 Å². The smallest absolute Gasteiger partial charge is 0.316 e. The molecule has 0 fully saturated rings. The van der Waals surface area contributed by atoms with Crippen LogP contribution in [-0.4, -0.2) is 23.4 Å². The molecule has 2 rings (SSSR count). The molecule has 0 spiro atoms. The molecule has 24 heavy (non-hydrogen) atoms. The monoisotopic (exact) mass is 347 g/mol. The molecule has 1 N–H and O–H groups in total. The molecular weight excluding hydrogens is 329 g/mol. The van der Waals surface area contributed by atoms with E-state index in [2.05, 4.69) is 5.32 Å². The van der Waals surface area contributed by atoms with Gasteiger partial charge in [-0.05, 0) is 24.6 Å². The number of thioether (sulfide) groups is 1. The number of benzene rings is 2. The molecule has 0 atom stereocenters. The van der Waals surface area contributed by atoms with E-state index in [9.17, 15) is 14.0 Å². The van der Waals surface area contributed by atoms with Gasteiger partial charge in [-0.3, -0.25) is 9.59 Å². The second kappa shape index (κ2) is 9.08. The molecule has 4 nitrogen and oxygen atoms in total. The highest BCUT2D eigenvalue weighted by molar-refractivity contribution is 8.00. The van der Waals surface area contributed by atoms with Crippen LogP contribution in [0.4, 0.5) is 10.1 Å². The van der Waals surface area contributed by atoms with Gasteiger partial charge >= 0.3 is 5.97 Å². The van der Waals surface area contributed by atoms with Crippen molar-refractivity contribution < 1.29 is 18.7 Å². The average Bonchev–Trinajstić information content (AvgIpc) is 2.56. The summed E-state index contributed by atoms with van der Waals surface area (Å²) in [6.07, 6.45) is 0. The standard InChI is InChI=1S/C18H18FNO3S/c1-13-6-8-14(9-7-13)10-23-18(22)12-24-11-17(21)20-16-5-3-2-4-15(16)19/h2-9H,10-12H2,1H3,(H,20,21). The van der Waals surface area contributed by atoms with Crippen molar-refractivity contribution in [2.75, 3.05) is 16.8 Å². The summed E-state index contributed by atoms with van der Waals surface area (Å²) in [5.41, 5.74) is 2.18. The molecule has 0 aliphatic carbocycles. The zero-order valence-corrected chi connectivity index (χ0v) is 14.1. The van der Waals surface area contributed by atoms with Crippen molar-refractivity contribution in [3.63, 3.8) is 0 Å². The number of hydrogen-bond donors (Lipinski definition) is 1. The van der Waals surface area contributed by atoms with E-state index < -0.39 is 5.82 Å². The highest BCUT2D eigenvalue weighted by atomic mass is 32.2. The first kappa shape index (κ1) is 18.0. The molecule has 0 aliphatic rings. The van der Waals surface area contributed by atoms with Gasteiger partial charge in [0.2, 0.25) is 5.91 Å². The SMILES string of the molecule is Cc1ccc(COC(=O)CSCC(=O)Nc2ccccc2F)cc1. The predicted molar refractivity (Wildman–Crippen MR) is 93.3 cm³/mol. The molecule has 0 saturated carbocycles. The van der Waals surface area contributed by atoms with Crippen LogP contribution in [0.15, 0.2) is 48.5 Å². The second-order valence-electron chi connectivity index (χ2n) is 5.17. The van der Waals surface area contributed by atoms with Crippen LogP contribution in [0.5, 0.6) is 0 Å². The first-order chi connectivity index (χ1) is 11.5. The number of carbonyl (C=O) groups is 2. The number of ether oxygens (including phenoxy) is 1. The van der Waals surface area contributed by atoms with Crippen molar-refractivity contribution >= 4 is 29.3 Å². The van der Waals surface area contributed by atoms with E-state index in [0.29, 0.717) is 0 Å². The Bertz CT molecular complexity index is 704. The van der Waals surface area contributed by atoms with Crippen LogP contribution in [0, 0.1) is 12.7 Å². The molecule has 126 valence electrons. The fraction of sp³-hybridized carbons (Fsp3) is 0.222. The summed E-state index contributed by atoms with van der Waals surface area (Å²) < 4.78 is 18.5. The zero-order chi connectivity index (χ0) is 17.4. The lowest BCUT2D eigenvalue weighted by Crippen LogP contribution is -2.17. The number of anilines is 1. The van der Waals surface area contributed by atoms with Gasteiger partial charge in [0.1, 0.15) is 12.4 Å². The molecule has 0 radical (unpaired) electrons. The molecule has 0 aliphatic heterocycles. The molecule has 0 heterocycles. The number of aryl methyl sites for hydroxylation is 1. The highest BCUT2D eigenvalue weighted by Crippen LogP contribution is 2.13. The molecule has 0 aromatic heterocycles. The van der Waals surface area contributed by atoms with E-state index in [1.54, 1.807) is 12.1 Å². The maximum Gasteiger partial charge on any atom is 0.316 e. The van der Waals surface area contributed by atoms with Crippen LogP contribution in [-0.2, 0) is 20.9 Å². The Morgan fingerprint density at radius 1 is 1.08 bits per heavy atom. The Hall–Kier alpha value is -2.34. The fourth-order valence-electron chi connectivity index (χ4n) is 1.87. The van der Waals surface area contributed by atoms with Crippen LogP contribution in [0.3, 0.4) is 0 Å². The third-order valence-corrected chi connectivity index (χ3v) is 4.03. The van der Waals surface area contributed by atoms with E-state index in [4.69, 9.17) is 4.74 Å². The van der Waals surface area contributed by atoms with Crippen molar-refractivity contribution in [2.45, 2.75) is 13.5 Å². The summed E-state index contributed by atoms with van der Waals surface area (Å²) in [6.45, 7) is 2.19. The van der Waals surface area contributed by atoms with Gasteiger partial charge in [-0.2, -0.15) is 0 Å². The van der Waals surface area contributed by atoms with Crippen LogP contribution in [0.2, 0.25) is 0 Å². The van der Waals surface area contributed by atoms with E-state index in [0.717, 1.165) is 22.9 Å². The van der Waals surface area contributed by atoms with Crippen LogP contribution in [0.1, 0.15) is 11.1 Å². The lowest BCUT2D eigenvalue weighted by atomic mass is 10.2. The molecule has 0 saturated heterocycles. The Labute approximate surface area is 144 Å². The van der Waals surface area contributed by atoms with Gasteiger partial charge < -0.3 is 10.1 Å². The fourth-order valence-corrected chi connectivity index (χ4v) is 2.48. The Morgan fingerprint density at radius 3 is 2.50 bits per heavy atom. The normalized spacial score (nSPS) is 10.2. The Kier molecular flexibility index (Phi) is 6.81. The first-order valence-electron chi connectivity index (χ1n) is 7.38. The lowest BCUT2D eigenvalue weighted by molar-refractivity contribution is -0.141. The van der Waals surface area contributed by atoms with Crippen LogP contribution < -0.4 is 5.32 Å². The van der Waals surface area contributed by atoms with Gasteiger partial charge in [-0.25, -0.2) is 4.39 Å². The molecule has 2 aromatic carbocycles. The zero-order valence-electron chi connectivity index (χ0n) is 13.3. The van der Waals surface area contributed by atoms with Gasteiger partial charge in [-0.1, -0.05) is 42.0 Å². The minimum Gasteiger partial charge on any atom is -0.460 e. The summed E-state index contributed by atoms with van der Waals surface area (Å²) in [5, 5.41) is 2.46. The van der Waals surface area contributed by atoms with Crippen molar-refractivity contribution in [1.82, 2.24) is 0 Å². The number of carbonyl (C=O) groups excluding carboxylic acids is 2. The average molecular weight is 347 g/mol. The summed E-state index contributed by atoms with van der Waals surface area (Å²) in [5.74, 6) is -1.13. The second-order valence-corrected chi connectivity index (χ2v) is 6.15. The number of rotatable bonds is 7. The summed E-state index contributed by atoms with van der Waals surface area (Å²) in [4.78, 5) is 23.3. The number of hydrogen-bond acceptors (Lipinski definition) is 4. The van der Waals surface area contributed by atoms with E-state index in [1.807, 2.05) is 31.2 Å². The largest absolute Gasteiger partial charge is 0.460 e. The van der Waals surface area contributed by atoms with Crippen molar-refractivity contribution in [3.05, 3.63) is 65.5 Å². The lowest BCUT2D eigenvalue weighted by Gasteiger charge is -2.07. The minimum absolute atomic E-state index is 0.0496. The summed E-state index contributed by atoms with van der Waals surface area (Å²) >= 11 is 1.12. The highest BCUT2D eigenvalue weighted by Gasteiger charge is 2.09. The minimum atomic E-state index is -0.492. The van der Waals surface area contributed by atoms with E-state index >= 15 is 0 Å². The van der Waals surface area contributed by atoms with Crippen LogP contribution >= 0.6 is 11.8 Å². The van der Waals surface area contributed by atoms with Crippen LogP contribution in [0.25, 0.3) is 0 Å². The maximum atomic E-state index is 13.4. The van der Waals surface area contributed by atoms with Gasteiger partial charge in [0.25, 0.3) is 0 Å².